The highest BCUT2D eigenvalue weighted by Crippen LogP contribution is 2.17. The number of rotatable bonds is 4. The van der Waals surface area contributed by atoms with Crippen LogP contribution in [0, 0.1) is 0 Å². The summed E-state index contributed by atoms with van der Waals surface area (Å²) in [5.41, 5.74) is 0.950. The number of halogens is 1. The van der Waals surface area contributed by atoms with Gasteiger partial charge in [0.25, 0.3) is 0 Å². The Hall–Kier alpha value is -1.13. The predicted octanol–water partition coefficient (Wildman–Crippen LogP) is 2.30. The highest BCUT2D eigenvalue weighted by atomic mass is 79.9. The Bertz CT molecular complexity index is 418. The van der Waals surface area contributed by atoms with Gasteiger partial charge < -0.3 is 10.0 Å². The second-order valence-corrected chi connectivity index (χ2v) is 4.69. The molecular weight excluding hydrogens is 282 g/mol. The Morgan fingerprint density at radius 3 is 2.76 bits per heavy atom. The molecule has 0 aliphatic carbocycles. The fraction of sp³-hybridized carbons (Fsp3) is 0.308. The number of aliphatic hydroxyl groups is 1. The molecule has 0 aromatic heterocycles. The zero-order valence-corrected chi connectivity index (χ0v) is 11.5. The van der Waals surface area contributed by atoms with Crippen LogP contribution in [0.4, 0.5) is 0 Å². The van der Waals surface area contributed by atoms with Gasteiger partial charge >= 0.3 is 0 Å². The number of amides is 1. The van der Waals surface area contributed by atoms with Crippen LogP contribution in [0.3, 0.4) is 0 Å². The Balaban J connectivity index is 2.72. The summed E-state index contributed by atoms with van der Waals surface area (Å²) in [5.74, 6) is -0.123. The van der Waals surface area contributed by atoms with Crippen LogP contribution in [0.5, 0.6) is 0 Å². The van der Waals surface area contributed by atoms with Gasteiger partial charge in [-0.2, -0.15) is 0 Å². The summed E-state index contributed by atoms with van der Waals surface area (Å²) < 4.78 is 0.946. The van der Waals surface area contributed by atoms with Crippen molar-refractivity contribution in [1.82, 2.24) is 4.90 Å². The lowest BCUT2D eigenvalue weighted by Gasteiger charge is -2.21. The predicted molar refractivity (Wildman–Crippen MR) is 72.5 cm³/mol. The highest BCUT2D eigenvalue weighted by Gasteiger charge is 2.11. The van der Waals surface area contributed by atoms with Crippen LogP contribution in [-0.4, -0.2) is 35.6 Å². The van der Waals surface area contributed by atoms with Gasteiger partial charge in [-0.1, -0.05) is 34.1 Å². The lowest BCUT2D eigenvalue weighted by atomic mass is 10.2. The topological polar surface area (TPSA) is 40.5 Å². The van der Waals surface area contributed by atoms with Crippen LogP contribution in [0.25, 0.3) is 6.08 Å². The molecule has 1 atom stereocenters. The summed E-state index contributed by atoms with van der Waals surface area (Å²) in [6, 6.07) is 7.50. The molecule has 92 valence electrons. The van der Waals surface area contributed by atoms with Gasteiger partial charge in [0.2, 0.25) is 5.91 Å². The number of nitrogens with zero attached hydrogens (tertiary/aromatic N) is 1. The summed E-state index contributed by atoms with van der Waals surface area (Å²) in [6.07, 6.45) is 3.26. The Labute approximate surface area is 110 Å². The van der Waals surface area contributed by atoms with Crippen molar-refractivity contribution >= 4 is 27.9 Å². The maximum atomic E-state index is 11.7. The maximum Gasteiger partial charge on any atom is 0.246 e. The molecule has 0 spiro atoms. The molecule has 1 N–H and O–H groups in total. The molecule has 0 bridgehead atoms. The third kappa shape index (κ3) is 3.98. The molecule has 0 saturated heterocycles. The third-order valence-corrected chi connectivity index (χ3v) is 3.31. The van der Waals surface area contributed by atoms with Crippen LogP contribution < -0.4 is 0 Å². The minimum absolute atomic E-state index is 0.0366. The molecule has 1 aromatic rings. The van der Waals surface area contributed by atoms with Crippen molar-refractivity contribution in [3.8, 4) is 0 Å². The van der Waals surface area contributed by atoms with E-state index in [0.29, 0.717) is 0 Å². The van der Waals surface area contributed by atoms with E-state index in [2.05, 4.69) is 15.9 Å². The molecule has 17 heavy (non-hydrogen) atoms. The fourth-order valence-electron chi connectivity index (χ4n) is 1.23. The van der Waals surface area contributed by atoms with Gasteiger partial charge in [0, 0.05) is 17.6 Å². The molecule has 0 saturated carbocycles. The van der Waals surface area contributed by atoms with E-state index in [9.17, 15) is 4.79 Å². The number of carbonyl (C=O) groups excluding carboxylic acids is 1. The molecule has 0 aliphatic heterocycles. The van der Waals surface area contributed by atoms with E-state index >= 15 is 0 Å². The molecule has 0 aliphatic rings. The SMILES string of the molecule is C[C@H](CO)N(C)C(=O)C=Cc1ccccc1Br. The molecule has 0 radical (unpaired) electrons. The number of aliphatic hydroxyl groups excluding tert-OH is 1. The minimum Gasteiger partial charge on any atom is -0.394 e. The summed E-state index contributed by atoms with van der Waals surface area (Å²) in [6.45, 7) is 1.76. The average molecular weight is 298 g/mol. The van der Waals surface area contributed by atoms with Crippen LogP contribution in [0.1, 0.15) is 12.5 Å². The quantitative estimate of drug-likeness (QED) is 0.867. The van der Waals surface area contributed by atoms with E-state index in [1.54, 1.807) is 20.0 Å². The van der Waals surface area contributed by atoms with Crippen molar-refractivity contribution in [1.29, 1.82) is 0 Å². The van der Waals surface area contributed by atoms with Crippen LogP contribution in [0.2, 0.25) is 0 Å². The van der Waals surface area contributed by atoms with Crippen molar-refractivity contribution in [2.45, 2.75) is 13.0 Å². The van der Waals surface area contributed by atoms with Crippen LogP contribution >= 0.6 is 15.9 Å². The molecule has 1 amide bonds. The van der Waals surface area contributed by atoms with E-state index < -0.39 is 0 Å². The standard InChI is InChI=1S/C13H16BrNO2/c1-10(9-16)15(2)13(17)8-7-11-5-3-4-6-12(11)14/h3-8,10,16H,9H2,1-2H3/t10-/m1/s1. The maximum absolute atomic E-state index is 11.7. The van der Waals surface area contributed by atoms with E-state index in [1.807, 2.05) is 24.3 Å². The monoisotopic (exact) mass is 297 g/mol. The highest BCUT2D eigenvalue weighted by molar-refractivity contribution is 9.10. The normalized spacial score (nSPS) is 12.7. The fourth-order valence-corrected chi connectivity index (χ4v) is 1.65. The van der Waals surface area contributed by atoms with Crippen molar-refractivity contribution in [2.75, 3.05) is 13.7 Å². The van der Waals surface area contributed by atoms with Crippen molar-refractivity contribution < 1.29 is 9.90 Å². The van der Waals surface area contributed by atoms with Gasteiger partial charge in [-0.3, -0.25) is 4.79 Å². The van der Waals surface area contributed by atoms with E-state index in [-0.39, 0.29) is 18.6 Å². The summed E-state index contributed by atoms with van der Waals surface area (Å²) >= 11 is 3.41. The van der Waals surface area contributed by atoms with Gasteiger partial charge in [0.15, 0.2) is 0 Å². The van der Waals surface area contributed by atoms with Crippen LogP contribution in [-0.2, 0) is 4.79 Å². The van der Waals surface area contributed by atoms with Gasteiger partial charge in [0.1, 0.15) is 0 Å². The average Bonchev–Trinajstić information content (AvgIpc) is 2.35. The van der Waals surface area contributed by atoms with Gasteiger partial charge in [-0.15, -0.1) is 0 Å². The lowest BCUT2D eigenvalue weighted by Crippen LogP contribution is -2.36. The Kier molecular flexibility index (Phi) is 5.38. The summed E-state index contributed by atoms with van der Waals surface area (Å²) in [7, 11) is 1.67. The molecule has 1 rings (SSSR count). The molecule has 0 fully saturated rings. The van der Waals surface area contributed by atoms with E-state index in [4.69, 9.17) is 5.11 Å². The Morgan fingerprint density at radius 2 is 2.18 bits per heavy atom. The molecule has 1 aromatic carbocycles. The Morgan fingerprint density at radius 1 is 1.53 bits per heavy atom. The largest absolute Gasteiger partial charge is 0.394 e. The number of carbonyl (C=O) groups is 1. The summed E-state index contributed by atoms with van der Waals surface area (Å²) in [5, 5.41) is 8.96. The van der Waals surface area contributed by atoms with Crippen molar-refractivity contribution in [2.24, 2.45) is 0 Å². The molecule has 0 unspecified atom stereocenters. The van der Waals surface area contributed by atoms with Gasteiger partial charge in [0.05, 0.1) is 12.6 Å². The second kappa shape index (κ2) is 6.57. The molecule has 0 heterocycles. The van der Waals surface area contributed by atoms with Crippen LogP contribution in [0.15, 0.2) is 34.8 Å². The van der Waals surface area contributed by atoms with Crippen molar-refractivity contribution in [3.63, 3.8) is 0 Å². The second-order valence-electron chi connectivity index (χ2n) is 3.84. The van der Waals surface area contributed by atoms with Crippen molar-refractivity contribution in [3.05, 3.63) is 40.4 Å². The molecule has 3 nitrogen and oxygen atoms in total. The number of hydrogen-bond donors (Lipinski definition) is 1. The first-order valence-electron chi connectivity index (χ1n) is 5.36. The number of likely N-dealkylation sites (N-methyl/N-ethyl adjacent to an activating group) is 1. The number of hydrogen-bond acceptors (Lipinski definition) is 2. The van der Waals surface area contributed by atoms with Gasteiger partial charge in [-0.25, -0.2) is 0 Å². The van der Waals surface area contributed by atoms with E-state index in [1.165, 1.54) is 11.0 Å². The first-order chi connectivity index (χ1) is 8.06. The van der Waals surface area contributed by atoms with Gasteiger partial charge in [-0.05, 0) is 24.6 Å². The first kappa shape index (κ1) is 13.9. The minimum atomic E-state index is -0.175. The molecule has 4 heteroatoms. The lowest BCUT2D eigenvalue weighted by molar-refractivity contribution is -0.127. The first-order valence-corrected chi connectivity index (χ1v) is 6.15. The zero-order chi connectivity index (χ0) is 12.8. The summed E-state index contributed by atoms with van der Waals surface area (Å²) in [4.78, 5) is 13.2. The zero-order valence-electron chi connectivity index (χ0n) is 9.93. The third-order valence-electron chi connectivity index (χ3n) is 2.58. The molecular formula is C13H16BrNO2. The smallest absolute Gasteiger partial charge is 0.246 e. The van der Waals surface area contributed by atoms with E-state index in [0.717, 1.165) is 10.0 Å². The number of benzene rings is 1.